The van der Waals surface area contributed by atoms with Crippen LogP contribution in [0.15, 0.2) is 0 Å². The lowest BCUT2D eigenvalue weighted by Crippen LogP contribution is -2.11. The van der Waals surface area contributed by atoms with Crippen LogP contribution in [0.5, 0.6) is 0 Å². The minimum Gasteiger partial charge on any atom is -0.299 e. The van der Waals surface area contributed by atoms with E-state index in [1.54, 1.807) is 0 Å². The summed E-state index contributed by atoms with van der Waals surface area (Å²) in [5, 5.41) is 0. The quantitative estimate of drug-likeness (QED) is 0.616. The van der Waals surface area contributed by atoms with E-state index in [2.05, 4.69) is 20.8 Å². The molecule has 0 saturated heterocycles. The Balaban J connectivity index is 2.11. The zero-order valence-electron chi connectivity index (χ0n) is 8.52. The summed E-state index contributed by atoms with van der Waals surface area (Å²) in [6.07, 6.45) is 5.36. The SMILES string of the molecule is CC(C)CCCC(=O)C1(C)CC1. The van der Waals surface area contributed by atoms with Crippen LogP contribution < -0.4 is 0 Å². The fourth-order valence-electron chi connectivity index (χ4n) is 1.44. The molecule has 12 heavy (non-hydrogen) atoms. The molecule has 0 aromatic carbocycles. The molecule has 1 aliphatic rings. The maximum absolute atomic E-state index is 11.5. The van der Waals surface area contributed by atoms with Crippen LogP contribution in [0.3, 0.4) is 0 Å². The average Bonchev–Trinajstić information content (AvgIpc) is 2.68. The molecular weight excluding hydrogens is 148 g/mol. The Morgan fingerprint density at radius 3 is 2.42 bits per heavy atom. The molecule has 0 aromatic rings. The van der Waals surface area contributed by atoms with Gasteiger partial charge in [0.1, 0.15) is 5.78 Å². The van der Waals surface area contributed by atoms with Gasteiger partial charge in [0.2, 0.25) is 0 Å². The minimum absolute atomic E-state index is 0.108. The van der Waals surface area contributed by atoms with E-state index in [0.717, 1.165) is 31.6 Å². The fourth-order valence-corrected chi connectivity index (χ4v) is 1.44. The summed E-state index contributed by atoms with van der Waals surface area (Å²) in [5.74, 6) is 1.24. The van der Waals surface area contributed by atoms with Crippen molar-refractivity contribution < 1.29 is 4.79 Å². The summed E-state index contributed by atoms with van der Waals surface area (Å²) in [6, 6.07) is 0. The average molecular weight is 168 g/mol. The number of Topliss-reactive ketones (excluding diaryl/α,β-unsaturated/α-hetero) is 1. The first-order valence-corrected chi connectivity index (χ1v) is 5.08. The van der Waals surface area contributed by atoms with Gasteiger partial charge in [-0.15, -0.1) is 0 Å². The van der Waals surface area contributed by atoms with Crippen LogP contribution >= 0.6 is 0 Å². The first-order chi connectivity index (χ1) is 5.54. The predicted molar refractivity (Wildman–Crippen MR) is 51.0 cm³/mol. The molecule has 1 heteroatoms. The number of rotatable bonds is 5. The van der Waals surface area contributed by atoms with Gasteiger partial charge in [-0.1, -0.05) is 27.2 Å². The number of ketones is 1. The molecule has 0 unspecified atom stereocenters. The molecule has 70 valence electrons. The van der Waals surface area contributed by atoms with Crippen molar-refractivity contribution in [1.82, 2.24) is 0 Å². The van der Waals surface area contributed by atoms with Crippen LogP contribution in [-0.2, 0) is 4.79 Å². The lowest BCUT2D eigenvalue weighted by Gasteiger charge is -2.07. The second-order valence-electron chi connectivity index (χ2n) is 4.77. The standard InChI is InChI=1S/C11H20O/c1-9(2)5-4-6-10(12)11(3)7-8-11/h9H,4-8H2,1-3H3. The normalized spacial score (nSPS) is 19.7. The van der Waals surface area contributed by atoms with E-state index in [9.17, 15) is 4.79 Å². The van der Waals surface area contributed by atoms with Crippen molar-refractivity contribution in [3.8, 4) is 0 Å². The summed E-state index contributed by atoms with van der Waals surface area (Å²) < 4.78 is 0. The van der Waals surface area contributed by atoms with Crippen molar-refractivity contribution in [1.29, 1.82) is 0 Å². The van der Waals surface area contributed by atoms with E-state index in [4.69, 9.17) is 0 Å². The first kappa shape index (κ1) is 9.76. The van der Waals surface area contributed by atoms with Crippen molar-refractivity contribution in [3.05, 3.63) is 0 Å². The Morgan fingerprint density at radius 2 is 2.00 bits per heavy atom. The maximum Gasteiger partial charge on any atom is 0.138 e. The zero-order chi connectivity index (χ0) is 9.19. The second kappa shape index (κ2) is 3.59. The lowest BCUT2D eigenvalue weighted by molar-refractivity contribution is -0.123. The number of carbonyl (C=O) groups is 1. The molecule has 0 bridgehead atoms. The lowest BCUT2D eigenvalue weighted by atomic mass is 9.97. The third-order valence-electron chi connectivity index (χ3n) is 2.86. The molecule has 0 aliphatic heterocycles. The highest BCUT2D eigenvalue weighted by Gasteiger charge is 2.43. The highest BCUT2D eigenvalue weighted by molar-refractivity contribution is 5.86. The van der Waals surface area contributed by atoms with Gasteiger partial charge in [-0.05, 0) is 25.2 Å². The van der Waals surface area contributed by atoms with Crippen molar-refractivity contribution in [2.45, 2.75) is 52.9 Å². The van der Waals surface area contributed by atoms with Crippen LogP contribution in [0.2, 0.25) is 0 Å². The Bertz CT molecular complexity index is 166. The molecule has 1 aliphatic carbocycles. The molecule has 1 fully saturated rings. The summed E-state index contributed by atoms with van der Waals surface area (Å²) in [4.78, 5) is 11.5. The van der Waals surface area contributed by atoms with Gasteiger partial charge in [0.05, 0.1) is 0 Å². The summed E-state index contributed by atoms with van der Waals surface area (Å²) in [6.45, 7) is 6.53. The van der Waals surface area contributed by atoms with E-state index >= 15 is 0 Å². The van der Waals surface area contributed by atoms with Crippen LogP contribution in [0.25, 0.3) is 0 Å². The smallest absolute Gasteiger partial charge is 0.138 e. The Labute approximate surface area is 75.5 Å². The molecule has 0 radical (unpaired) electrons. The molecule has 0 N–H and O–H groups in total. The molecular formula is C11H20O. The first-order valence-electron chi connectivity index (χ1n) is 5.08. The minimum atomic E-state index is 0.108. The fraction of sp³-hybridized carbons (Fsp3) is 0.909. The van der Waals surface area contributed by atoms with E-state index in [1.807, 2.05) is 0 Å². The summed E-state index contributed by atoms with van der Waals surface area (Å²) >= 11 is 0. The third kappa shape index (κ3) is 2.62. The van der Waals surface area contributed by atoms with Crippen molar-refractivity contribution in [2.75, 3.05) is 0 Å². The molecule has 0 spiro atoms. The molecule has 0 amide bonds. The van der Waals surface area contributed by atoms with E-state index < -0.39 is 0 Å². The molecule has 0 heterocycles. The highest BCUT2D eigenvalue weighted by atomic mass is 16.1. The van der Waals surface area contributed by atoms with Crippen molar-refractivity contribution >= 4 is 5.78 Å². The molecule has 1 rings (SSSR count). The second-order valence-corrected chi connectivity index (χ2v) is 4.77. The van der Waals surface area contributed by atoms with Gasteiger partial charge in [-0.3, -0.25) is 4.79 Å². The van der Waals surface area contributed by atoms with Crippen LogP contribution in [0.1, 0.15) is 52.9 Å². The monoisotopic (exact) mass is 168 g/mol. The van der Waals surface area contributed by atoms with Crippen LogP contribution in [-0.4, -0.2) is 5.78 Å². The van der Waals surface area contributed by atoms with Crippen molar-refractivity contribution in [2.24, 2.45) is 11.3 Å². The summed E-state index contributed by atoms with van der Waals surface area (Å²) in [7, 11) is 0. The zero-order valence-corrected chi connectivity index (χ0v) is 8.52. The topological polar surface area (TPSA) is 17.1 Å². The highest BCUT2D eigenvalue weighted by Crippen LogP contribution is 2.46. The number of hydrogen-bond acceptors (Lipinski definition) is 1. The van der Waals surface area contributed by atoms with Gasteiger partial charge in [-0.2, -0.15) is 0 Å². The van der Waals surface area contributed by atoms with Crippen LogP contribution in [0, 0.1) is 11.3 Å². The Morgan fingerprint density at radius 1 is 1.42 bits per heavy atom. The van der Waals surface area contributed by atoms with Crippen LogP contribution in [0.4, 0.5) is 0 Å². The largest absolute Gasteiger partial charge is 0.299 e. The van der Waals surface area contributed by atoms with Gasteiger partial charge in [0.25, 0.3) is 0 Å². The van der Waals surface area contributed by atoms with E-state index in [1.165, 1.54) is 6.42 Å². The maximum atomic E-state index is 11.5. The van der Waals surface area contributed by atoms with Crippen molar-refractivity contribution in [3.63, 3.8) is 0 Å². The molecule has 0 aromatic heterocycles. The van der Waals surface area contributed by atoms with Gasteiger partial charge < -0.3 is 0 Å². The Kier molecular flexibility index (Phi) is 2.92. The van der Waals surface area contributed by atoms with Gasteiger partial charge in [0, 0.05) is 11.8 Å². The van der Waals surface area contributed by atoms with Gasteiger partial charge >= 0.3 is 0 Å². The molecule has 0 atom stereocenters. The molecule has 1 saturated carbocycles. The van der Waals surface area contributed by atoms with E-state index in [0.29, 0.717) is 5.78 Å². The number of carbonyl (C=O) groups excluding carboxylic acids is 1. The Hall–Kier alpha value is -0.330. The number of hydrogen-bond donors (Lipinski definition) is 0. The third-order valence-corrected chi connectivity index (χ3v) is 2.86. The predicted octanol–water partition coefficient (Wildman–Crippen LogP) is 3.18. The summed E-state index contributed by atoms with van der Waals surface area (Å²) in [5.41, 5.74) is 0.108. The van der Waals surface area contributed by atoms with Gasteiger partial charge in [-0.25, -0.2) is 0 Å². The van der Waals surface area contributed by atoms with Gasteiger partial charge in [0.15, 0.2) is 0 Å². The van der Waals surface area contributed by atoms with E-state index in [-0.39, 0.29) is 5.41 Å². The molecule has 1 nitrogen and oxygen atoms in total.